The molecule has 0 unspecified atom stereocenters. The van der Waals surface area contributed by atoms with Crippen LogP contribution in [0.25, 0.3) is 0 Å². The van der Waals surface area contributed by atoms with Gasteiger partial charge in [-0.25, -0.2) is 13.6 Å². The molecule has 1 spiro atoms. The summed E-state index contributed by atoms with van der Waals surface area (Å²) >= 11 is 0.565. The molecule has 236 valence electrons. The third-order valence-corrected chi connectivity index (χ3v) is 9.10. The smallest absolute Gasteiger partial charge is 0.407 e. The van der Waals surface area contributed by atoms with Crippen LogP contribution < -0.4 is 15.8 Å². The van der Waals surface area contributed by atoms with E-state index in [1.807, 2.05) is 0 Å². The minimum Gasteiger partial charge on any atom is -0.502 e. The first-order valence-corrected chi connectivity index (χ1v) is 14.5. The zero-order valence-corrected chi connectivity index (χ0v) is 25.1. The van der Waals surface area contributed by atoms with Crippen LogP contribution in [-0.2, 0) is 11.2 Å². The van der Waals surface area contributed by atoms with Gasteiger partial charge in [-0.05, 0) is 37.3 Å². The number of amides is 3. The number of nitrogens with zero attached hydrogens (tertiary/aromatic N) is 4. The van der Waals surface area contributed by atoms with Gasteiger partial charge in [0.15, 0.2) is 11.4 Å². The zero-order chi connectivity index (χ0) is 32.5. The van der Waals surface area contributed by atoms with Crippen molar-refractivity contribution in [1.82, 2.24) is 19.8 Å². The third kappa shape index (κ3) is 6.11. The van der Waals surface area contributed by atoms with E-state index in [1.165, 1.54) is 28.9 Å². The number of carbonyl (C=O) groups excluding carboxylic acids is 2. The Kier molecular flexibility index (Phi) is 9.32. The molecule has 44 heavy (non-hydrogen) atoms. The van der Waals surface area contributed by atoms with Gasteiger partial charge in [0.2, 0.25) is 11.3 Å². The predicted octanol–water partition coefficient (Wildman–Crippen LogP) is 2.38. The fourth-order valence-corrected chi connectivity index (χ4v) is 6.32. The number of aromatic hydroxyl groups is 1. The molecule has 13 nitrogen and oxygen atoms in total. The number of hydrogen-bond acceptors (Lipinski definition) is 9. The lowest BCUT2D eigenvalue weighted by Crippen LogP contribution is -2.69. The number of hydrogen-bond donors (Lipinski definition) is 5. The minimum absolute atomic E-state index is 0.0360. The molecular formula is C28H33F2N7O6S. The van der Waals surface area contributed by atoms with E-state index in [1.54, 1.807) is 19.1 Å². The van der Waals surface area contributed by atoms with E-state index in [2.05, 4.69) is 5.32 Å². The summed E-state index contributed by atoms with van der Waals surface area (Å²) in [7, 11) is 4.62. The molecule has 2 aliphatic rings. The first-order valence-electron chi connectivity index (χ1n) is 13.7. The highest BCUT2D eigenvalue weighted by Crippen LogP contribution is 2.41. The summed E-state index contributed by atoms with van der Waals surface area (Å²) in [4.78, 5) is 52.8. The van der Waals surface area contributed by atoms with E-state index in [0.717, 1.165) is 11.0 Å². The van der Waals surface area contributed by atoms with E-state index in [4.69, 9.17) is 15.9 Å². The largest absolute Gasteiger partial charge is 0.502 e. The second-order valence-electron chi connectivity index (χ2n) is 10.8. The molecule has 2 heterocycles. The first-order chi connectivity index (χ1) is 20.7. The Morgan fingerprint density at radius 2 is 1.84 bits per heavy atom. The lowest BCUT2D eigenvalue weighted by Gasteiger charge is -2.55. The number of likely N-dealkylation sites (N-methyl/N-ethyl adjacent to an activating group) is 1. The van der Waals surface area contributed by atoms with Gasteiger partial charge in [0.05, 0.1) is 10.6 Å². The maximum absolute atomic E-state index is 14.1. The number of halogens is 2. The molecule has 16 heteroatoms. The molecule has 1 aliphatic carbocycles. The van der Waals surface area contributed by atoms with Gasteiger partial charge in [-0.1, -0.05) is 17.8 Å². The number of rotatable bonds is 7. The Bertz CT molecular complexity index is 1590. The Morgan fingerprint density at radius 3 is 2.45 bits per heavy atom. The minimum atomic E-state index is -1.10. The number of pyridine rings is 1. The fraction of sp³-hybridized carbons (Fsp3) is 0.429. The fourth-order valence-electron chi connectivity index (χ4n) is 5.59. The van der Waals surface area contributed by atoms with Crippen LogP contribution in [0.15, 0.2) is 29.2 Å². The second-order valence-corrected chi connectivity index (χ2v) is 11.9. The summed E-state index contributed by atoms with van der Waals surface area (Å²) < 4.78 is 28.6. The van der Waals surface area contributed by atoms with E-state index >= 15 is 0 Å². The number of benzene rings is 1. The second kappa shape index (κ2) is 12.6. The van der Waals surface area contributed by atoms with Crippen LogP contribution in [0.5, 0.6) is 5.75 Å². The van der Waals surface area contributed by atoms with Gasteiger partial charge in [-0.3, -0.25) is 34.9 Å². The Labute approximate surface area is 255 Å². The highest BCUT2D eigenvalue weighted by Gasteiger charge is 2.50. The van der Waals surface area contributed by atoms with Crippen molar-refractivity contribution in [3.63, 3.8) is 0 Å². The van der Waals surface area contributed by atoms with Crippen molar-refractivity contribution >= 4 is 39.8 Å². The molecule has 2 aromatic rings. The summed E-state index contributed by atoms with van der Waals surface area (Å²) in [5, 5.41) is 40.3. The zero-order valence-electron chi connectivity index (χ0n) is 24.3. The molecule has 0 bridgehead atoms. The van der Waals surface area contributed by atoms with E-state index in [0.29, 0.717) is 43.5 Å². The number of fused-ring (bicyclic) bond motifs is 1. The van der Waals surface area contributed by atoms with Crippen LogP contribution >= 0.6 is 11.8 Å². The number of nitrogens with one attached hydrogen (secondary N) is 3. The van der Waals surface area contributed by atoms with Crippen molar-refractivity contribution in [2.24, 2.45) is 5.92 Å². The predicted molar refractivity (Wildman–Crippen MR) is 159 cm³/mol. The van der Waals surface area contributed by atoms with Crippen molar-refractivity contribution in [1.29, 1.82) is 10.8 Å². The molecular weight excluding hydrogens is 600 g/mol. The molecule has 0 radical (unpaired) electrons. The number of carboxylic acid groups (broad SMARTS) is 1. The van der Waals surface area contributed by atoms with Gasteiger partial charge in [0.1, 0.15) is 22.3 Å². The molecule has 4 rings (SSSR count). The van der Waals surface area contributed by atoms with Crippen molar-refractivity contribution in [3.8, 4) is 5.75 Å². The summed E-state index contributed by atoms with van der Waals surface area (Å²) in [6.45, 7) is 0.291. The summed E-state index contributed by atoms with van der Waals surface area (Å²) in [6, 6.07) is 2.93. The van der Waals surface area contributed by atoms with Crippen LogP contribution in [-0.4, -0.2) is 92.6 Å². The molecule has 0 atom stereocenters. The molecule has 1 fully saturated rings. The number of aromatic nitrogens is 1. The molecule has 1 aromatic heterocycles. The quantitative estimate of drug-likeness (QED) is 0.227. The highest BCUT2D eigenvalue weighted by atomic mass is 32.2. The first kappa shape index (κ1) is 32.4. The lowest BCUT2D eigenvalue weighted by molar-refractivity contribution is -0.127. The van der Waals surface area contributed by atoms with Crippen LogP contribution in [0.1, 0.15) is 47.3 Å². The number of carbonyl (C=O) groups is 3. The summed E-state index contributed by atoms with van der Waals surface area (Å²) in [5.41, 5.74) is -2.44. The van der Waals surface area contributed by atoms with Gasteiger partial charge < -0.3 is 25.3 Å². The van der Waals surface area contributed by atoms with Gasteiger partial charge in [-0.15, -0.1) is 0 Å². The summed E-state index contributed by atoms with van der Waals surface area (Å²) in [6.07, 6.45) is 1.42. The topological polar surface area (TPSA) is 183 Å². The molecule has 1 saturated carbocycles. The standard InChI is InChI=1S/C28H33F2N7O6S/c1-34(27(42)43)11-10-33-25(40)15-6-8-28(9-7-15)35(2)26(41)21-23(39)22(38)18(14-37(21)36(28)3)24(32)44-20(31)12-16-4-5-17(29)13-19(16)30/h4-5,13-15,31-32,39H,6-12H2,1-3H3,(H,33,40)(H,42,43). The average molecular weight is 634 g/mol. The van der Waals surface area contributed by atoms with Crippen molar-refractivity contribution in [2.75, 3.05) is 39.2 Å². The van der Waals surface area contributed by atoms with Gasteiger partial charge >= 0.3 is 6.09 Å². The molecule has 1 aliphatic heterocycles. The molecule has 1 aromatic carbocycles. The van der Waals surface area contributed by atoms with Crippen molar-refractivity contribution in [2.45, 2.75) is 37.8 Å². The Morgan fingerprint density at radius 1 is 1.18 bits per heavy atom. The monoisotopic (exact) mass is 633 g/mol. The number of thioether (sulfide) groups is 1. The van der Waals surface area contributed by atoms with E-state index < -0.39 is 45.5 Å². The van der Waals surface area contributed by atoms with Crippen LogP contribution in [0.4, 0.5) is 13.6 Å². The Hall–Kier alpha value is -4.47. The SMILES string of the molecule is CN(CCNC(=O)C1CCC2(CC1)N(C)C(=O)c1c(O)c(=O)c(C(=N)SC(=N)Cc3ccc(F)cc3F)cn1N2C)C(=O)O. The van der Waals surface area contributed by atoms with Crippen molar-refractivity contribution in [3.05, 3.63) is 63.1 Å². The Balaban J connectivity index is 1.52. The third-order valence-electron chi connectivity index (χ3n) is 8.29. The highest BCUT2D eigenvalue weighted by molar-refractivity contribution is 8.26. The summed E-state index contributed by atoms with van der Waals surface area (Å²) in [5.74, 6) is -3.68. The molecule has 0 saturated heterocycles. The van der Waals surface area contributed by atoms with E-state index in [9.17, 15) is 33.1 Å². The van der Waals surface area contributed by atoms with Crippen molar-refractivity contribution < 1.29 is 33.4 Å². The van der Waals surface area contributed by atoms with Gasteiger partial charge in [0, 0.05) is 58.8 Å². The maximum Gasteiger partial charge on any atom is 0.407 e. The lowest BCUT2D eigenvalue weighted by atomic mass is 9.79. The van der Waals surface area contributed by atoms with E-state index in [-0.39, 0.29) is 53.2 Å². The van der Waals surface area contributed by atoms with Crippen LogP contribution in [0.3, 0.4) is 0 Å². The van der Waals surface area contributed by atoms with Crippen LogP contribution in [0.2, 0.25) is 0 Å². The van der Waals surface area contributed by atoms with Gasteiger partial charge in [-0.2, -0.15) is 0 Å². The molecule has 5 N–H and O–H groups in total. The normalized spacial score (nSPS) is 19.5. The average Bonchev–Trinajstić information content (AvgIpc) is 2.97. The van der Waals surface area contributed by atoms with Gasteiger partial charge in [0.25, 0.3) is 5.91 Å². The molecule has 3 amide bonds. The maximum atomic E-state index is 14.1. The van der Waals surface area contributed by atoms with Crippen LogP contribution in [0, 0.1) is 28.4 Å².